The van der Waals surface area contributed by atoms with E-state index in [0.29, 0.717) is 35.0 Å². The van der Waals surface area contributed by atoms with Gasteiger partial charge in [0, 0.05) is 35.3 Å². The molecule has 5 heteroatoms. The number of benzene rings is 2. The molecule has 2 aliphatic carbocycles. The summed E-state index contributed by atoms with van der Waals surface area (Å²) in [5.41, 5.74) is 20.0. The molecule has 2 saturated carbocycles. The van der Waals surface area contributed by atoms with E-state index in [1.165, 1.54) is 36.8 Å². The number of anilines is 2. The van der Waals surface area contributed by atoms with Crippen molar-refractivity contribution in [3.63, 3.8) is 0 Å². The smallest absolute Gasteiger partial charge is 0.429 e. The average molecular weight is 569 g/mol. The summed E-state index contributed by atoms with van der Waals surface area (Å²) in [7, 11) is 0. The molecule has 2 aliphatic rings. The van der Waals surface area contributed by atoms with Crippen LogP contribution in [0.1, 0.15) is 137 Å². The van der Waals surface area contributed by atoms with Crippen molar-refractivity contribution in [1.82, 2.24) is 0 Å². The van der Waals surface area contributed by atoms with Gasteiger partial charge in [0.25, 0.3) is 0 Å². The fourth-order valence-electron chi connectivity index (χ4n) is 6.08. The average Bonchev–Trinajstić information content (AvgIpc) is 3.67. The van der Waals surface area contributed by atoms with Crippen molar-refractivity contribution < 1.29 is 14.3 Å². The van der Waals surface area contributed by atoms with Gasteiger partial charge in [0.05, 0.1) is 0 Å². The highest BCUT2D eigenvalue weighted by atomic mass is 16.7. The van der Waals surface area contributed by atoms with Crippen LogP contribution in [0.4, 0.5) is 16.2 Å². The van der Waals surface area contributed by atoms with Crippen molar-refractivity contribution in [2.75, 3.05) is 11.5 Å². The van der Waals surface area contributed by atoms with Crippen LogP contribution in [0.5, 0.6) is 0 Å². The molecule has 4 rings (SSSR count). The fraction of sp³-hybridized carbons (Fsp3) is 0.541. The van der Waals surface area contributed by atoms with Crippen molar-refractivity contribution in [1.29, 1.82) is 0 Å². The van der Waals surface area contributed by atoms with Crippen LogP contribution in [-0.2, 0) is 22.7 Å². The molecule has 0 aliphatic heterocycles. The molecule has 0 radical (unpaired) electrons. The molecule has 0 atom stereocenters. The highest BCUT2D eigenvalue weighted by Crippen LogP contribution is 2.39. The van der Waals surface area contributed by atoms with Gasteiger partial charge in [-0.15, -0.1) is 0 Å². The molecule has 0 unspecified atom stereocenters. The monoisotopic (exact) mass is 568 g/mol. The molecule has 2 aromatic rings. The first-order valence-corrected chi connectivity index (χ1v) is 15.8. The van der Waals surface area contributed by atoms with Crippen molar-refractivity contribution >= 4 is 17.5 Å². The summed E-state index contributed by atoms with van der Waals surface area (Å²) in [6, 6.07) is 8.09. The summed E-state index contributed by atoms with van der Waals surface area (Å²) < 4.78 is 11.3. The predicted molar refractivity (Wildman–Crippen MR) is 172 cm³/mol. The van der Waals surface area contributed by atoms with Crippen molar-refractivity contribution in [3.05, 3.63) is 57.6 Å². The minimum atomic E-state index is -0.691. The van der Waals surface area contributed by atoms with Crippen LogP contribution in [0.2, 0.25) is 0 Å². The topological polar surface area (TPSA) is 87.6 Å². The lowest BCUT2D eigenvalue weighted by atomic mass is 9.90. The molecular formula is C37H48N2O3. The summed E-state index contributed by atoms with van der Waals surface area (Å²) in [6.45, 7) is 8.87. The van der Waals surface area contributed by atoms with Crippen LogP contribution in [-0.4, -0.2) is 6.16 Å². The predicted octanol–water partition coefficient (Wildman–Crippen LogP) is 8.81. The highest BCUT2D eigenvalue weighted by Gasteiger charge is 2.24. The quantitative estimate of drug-likeness (QED) is 0.189. The number of hydrogen-bond acceptors (Lipinski definition) is 5. The second kappa shape index (κ2) is 15.1. The third kappa shape index (κ3) is 8.72. The Bertz CT molecular complexity index is 1250. The number of nitrogen functional groups attached to an aromatic ring is 2. The Labute approximate surface area is 253 Å². The zero-order valence-electron chi connectivity index (χ0n) is 26.0. The molecule has 0 spiro atoms. The molecule has 0 saturated heterocycles. The third-order valence-electron chi connectivity index (χ3n) is 8.37. The Morgan fingerprint density at radius 1 is 0.714 bits per heavy atom. The summed E-state index contributed by atoms with van der Waals surface area (Å²) in [5, 5.41) is 0. The lowest BCUT2D eigenvalue weighted by Gasteiger charge is -2.19. The molecule has 0 bridgehead atoms. The van der Waals surface area contributed by atoms with Crippen molar-refractivity contribution in [3.8, 4) is 23.7 Å². The van der Waals surface area contributed by atoms with E-state index >= 15 is 0 Å². The van der Waals surface area contributed by atoms with Gasteiger partial charge >= 0.3 is 6.16 Å². The largest absolute Gasteiger partial charge is 0.508 e. The maximum Gasteiger partial charge on any atom is 0.508 e. The minimum Gasteiger partial charge on any atom is -0.429 e. The summed E-state index contributed by atoms with van der Waals surface area (Å²) in [6.07, 6.45) is 10.3. The van der Waals surface area contributed by atoms with Gasteiger partial charge in [-0.25, -0.2) is 4.79 Å². The molecule has 4 N–H and O–H groups in total. The van der Waals surface area contributed by atoms with E-state index in [1.54, 1.807) is 0 Å². The van der Waals surface area contributed by atoms with Crippen LogP contribution in [0.25, 0.3) is 0 Å². The molecule has 0 amide bonds. The lowest BCUT2D eigenvalue weighted by Crippen LogP contribution is -2.12. The third-order valence-corrected chi connectivity index (χ3v) is 8.37. The summed E-state index contributed by atoms with van der Waals surface area (Å²) in [5.74, 6) is 14.9. The van der Waals surface area contributed by atoms with Gasteiger partial charge < -0.3 is 20.9 Å². The number of hydrogen-bond donors (Lipinski definition) is 2. The van der Waals surface area contributed by atoms with E-state index in [-0.39, 0.29) is 13.2 Å². The van der Waals surface area contributed by atoms with E-state index in [1.807, 2.05) is 12.1 Å². The van der Waals surface area contributed by atoms with Gasteiger partial charge in [-0.2, -0.15) is 0 Å². The molecule has 42 heavy (non-hydrogen) atoms. The zero-order chi connectivity index (χ0) is 30.1. The van der Waals surface area contributed by atoms with Crippen LogP contribution >= 0.6 is 0 Å². The number of ether oxygens (including phenoxy) is 2. The van der Waals surface area contributed by atoms with Crippen LogP contribution in [0.15, 0.2) is 24.3 Å². The molecule has 5 nitrogen and oxygen atoms in total. The van der Waals surface area contributed by atoms with Gasteiger partial charge in [-0.3, -0.25) is 0 Å². The molecular weight excluding hydrogens is 520 g/mol. The maximum atomic E-state index is 12.8. The van der Waals surface area contributed by atoms with Crippen LogP contribution < -0.4 is 11.5 Å². The molecule has 0 aromatic heterocycles. The van der Waals surface area contributed by atoms with E-state index < -0.39 is 6.16 Å². The highest BCUT2D eigenvalue weighted by molar-refractivity contribution is 5.63. The van der Waals surface area contributed by atoms with E-state index in [0.717, 1.165) is 60.8 Å². The summed E-state index contributed by atoms with van der Waals surface area (Å²) >= 11 is 0. The van der Waals surface area contributed by atoms with Gasteiger partial charge in [-0.05, 0) is 95.9 Å². The van der Waals surface area contributed by atoms with Crippen LogP contribution in [0.3, 0.4) is 0 Å². The second-order valence-electron chi connectivity index (χ2n) is 12.9. The Balaban J connectivity index is 1.46. The summed E-state index contributed by atoms with van der Waals surface area (Å²) in [4.78, 5) is 12.8. The second-order valence-corrected chi connectivity index (χ2v) is 12.9. The SMILES string of the molecule is CC(C)CC#Cc1cc(C2CCCC2)c(COC(=O)OCc2cc(N)c(C#CCC(C)C)cc2C2CCCC2)cc1N. The van der Waals surface area contributed by atoms with E-state index in [4.69, 9.17) is 20.9 Å². The molecule has 0 heterocycles. The standard InChI is InChI=1S/C37H48N2O3/c1-25(2)11-9-17-29-19-33(27-13-5-6-14-27)31(21-35(29)38)23-41-37(40)42-24-32-22-36(39)30(18-10-12-26(3)4)20-34(32)28-15-7-8-16-28/h19-22,25-28H,5-8,11-16,23-24,38-39H2,1-4H3. The van der Waals surface area contributed by atoms with E-state index in [9.17, 15) is 4.79 Å². The molecule has 224 valence electrons. The Morgan fingerprint density at radius 2 is 1.10 bits per heavy atom. The number of carbonyl (C=O) groups is 1. The van der Waals surface area contributed by atoms with Gasteiger partial charge in [0.2, 0.25) is 0 Å². The van der Waals surface area contributed by atoms with Crippen molar-refractivity contribution in [2.24, 2.45) is 11.8 Å². The Kier molecular flexibility index (Phi) is 11.2. The number of nitrogens with two attached hydrogens (primary N) is 2. The van der Waals surface area contributed by atoms with Gasteiger partial charge in [0.1, 0.15) is 13.2 Å². The Morgan fingerprint density at radius 3 is 1.45 bits per heavy atom. The lowest BCUT2D eigenvalue weighted by molar-refractivity contribution is 0.0442. The van der Waals surface area contributed by atoms with Crippen molar-refractivity contribution in [2.45, 2.75) is 117 Å². The first-order valence-electron chi connectivity index (χ1n) is 15.8. The Hall–Kier alpha value is -3.57. The molecule has 2 fully saturated rings. The molecule has 2 aromatic carbocycles. The van der Waals surface area contributed by atoms with Gasteiger partial charge in [0.15, 0.2) is 0 Å². The fourth-order valence-corrected chi connectivity index (χ4v) is 6.08. The maximum absolute atomic E-state index is 12.8. The first-order chi connectivity index (χ1) is 20.2. The van der Waals surface area contributed by atoms with Gasteiger partial charge in [-0.1, -0.05) is 77.1 Å². The van der Waals surface area contributed by atoms with Crippen LogP contribution in [0, 0.1) is 35.5 Å². The zero-order valence-corrected chi connectivity index (χ0v) is 26.0. The minimum absolute atomic E-state index is 0.122. The first kappa shape index (κ1) is 31.4. The van der Waals surface area contributed by atoms with E-state index in [2.05, 4.69) is 63.5 Å². The normalized spacial score (nSPS) is 15.4. The number of rotatable bonds is 8. The number of carbonyl (C=O) groups excluding carboxylic acids is 1.